The van der Waals surface area contributed by atoms with Crippen LogP contribution in [0.15, 0.2) is 66.9 Å². The van der Waals surface area contributed by atoms with E-state index in [9.17, 15) is 18.8 Å². The summed E-state index contributed by atoms with van der Waals surface area (Å²) in [5.74, 6) is -0.441. The molecule has 3 amide bonds. The van der Waals surface area contributed by atoms with Crippen LogP contribution in [-0.4, -0.2) is 87.3 Å². The average Bonchev–Trinajstić information content (AvgIpc) is 3.46. The van der Waals surface area contributed by atoms with Crippen LogP contribution in [0.3, 0.4) is 0 Å². The summed E-state index contributed by atoms with van der Waals surface area (Å²) in [4.78, 5) is 45.6. The Kier molecular flexibility index (Phi) is 9.35. The molecule has 0 atom stereocenters. The van der Waals surface area contributed by atoms with Gasteiger partial charge in [0.2, 0.25) is 5.91 Å². The van der Waals surface area contributed by atoms with Crippen LogP contribution < -0.4 is 4.74 Å². The Balaban J connectivity index is 0.000000333. The van der Waals surface area contributed by atoms with Crippen molar-refractivity contribution < 1.29 is 33.4 Å². The first-order chi connectivity index (χ1) is 18.9. The van der Waals surface area contributed by atoms with Crippen molar-refractivity contribution in [1.29, 1.82) is 0 Å². The summed E-state index contributed by atoms with van der Waals surface area (Å²) in [6, 6.07) is 16.3. The number of hydrazine groups is 1. The summed E-state index contributed by atoms with van der Waals surface area (Å²) in [5, 5.41) is 11.2. The molecule has 1 N–H and O–H groups in total. The molecule has 2 fully saturated rings. The average molecular weight is 538 g/mol. The van der Waals surface area contributed by atoms with E-state index in [0.717, 1.165) is 0 Å². The van der Waals surface area contributed by atoms with Gasteiger partial charge in [0.1, 0.15) is 17.3 Å². The maximum absolute atomic E-state index is 13.1. The highest BCUT2D eigenvalue weighted by Gasteiger charge is 2.32. The lowest BCUT2D eigenvalue weighted by Gasteiger charge is -2.27. The molecule has 11 nitrogen and oxygen atoms in total. The van der Waals surface area contributed by atoms with Gasteiger partial charge < -0.3 is 19.5 Å². The number of aromatic nitrogens is 2. The van der Waals surface area contributed by atoms with Gasteiger partial charge in [0.25, 0.3) is 5.91 Å². The van der Waals surface area contributed by atoms with Crippen molar-refractivity contribution in [2.75, 3.05) is 39.4 Å². The molecule has 1 aromatic heterocycles. The minimum atomic E-state index is -0.849. The third kappa shape index (κ3) is 7.71. The monoisotopic (exact) mass is 537 g/mol. The first kappa shape index (κ1) is 27.5. The van der Waals surface area contributed by atoms with E-state index in [1.54, 1.807) is 24.3 Å². The second-order valence-corrected chi connectivity index (χ2v) is 8.62. The van der Waals surface area contributed by atoms with Crippen LogP contribution in [0.4, 0.5) is 9.18 Å². The Morgan fingerprint density at radius 3 is 2.28 bits per heavy atom. The van der Waals surface area contributed by atoms with Crippen LogP contribution in [0.5, 0.6) is 11.8 Å². The van der Waals surface area contributed by atoms with Crippen molar-refractivity contribution in [1.82, 2.24) is 24.9 Å². The highest BCUT2D eigenvalue weighted by molar-refractivity contribution is 5.94. The van der Waals surface area contributed by atoms with Crippen molar-refractivity contribution in [3.63, 3.8) is 0 Å². The van der Waals surface area contributed by atoms with E-state index in [1.165, 1.54) is 39.3 Å². The smallest absolute Gasteiger partial charge is 0.407 e. The van der Waals surface area contributed by atoms with E-state index in [-0.39, 0.29) is 29.8 Å². The van der Waals surface area contributed by atoms with E-state index < -0.39 is 12.0 Å². The molecule has 12 heteroatoms. The standard InChI is InChI=1S/C22H19FN4O3.C5H9NO3/c23-17-9-7-16(8-10-17)15-20(28)26-13-4-14-27(26)21(29)19-11-12-24-22(25-19)30-18-5-2-1-3-6-18;7-5(8)6-1-3-9-4-2-6/h1-3,5-12H,4,13-15H2;1-4H2,(H,7,8). The Labute approximate surface area is 224 Å². The van der Waals surface area contributed by atoms with Crippen LogP contribution >= 0.6 is 0 Å². The van der Waals surface area contributed by atoms with Gasteiger partial charge in [-0.1, -0.05) is 30.3 Å². The van der Waals surface area contributed by atoms with Crippen LogP contribution in [0.2, 0.25) is 0 Å². The summed E-state index contributed by atoms with van der Waals surface area (Å²) in [6.45, 7) is 2.93. The molecule has 0 spiro atoms. The predicted molar refractivity (Wildman–Crippen MR) is 136 cm³/mol. The van der Waals surface area contributed by atoms with Gasteiger partial charge in [0.05, 0.1) is 19.6 Å². The maximum atomic E-state index is 13.1. The first-order valence-electron chi connectivity index (χ1n) is 12.4. The zero-order valence-electron chi connectivity index (χ0n) is 21.1. The molecule has 0 aliphatic carbocycles. The molecule has 0 unspecified atom stereocenters. The van der Waals surface area contributed by atoms with E-state index >= 15 is 0 Å². The minimum absolute atomic E-state index is 0.0513. The molecule has 39 heavy (non-hydrogen) atoms. The summed E-state index contributed by atoms with van der Waals surface area (Å²) in [5.41, 5.74) is 0.818. The topological polar surface area (TPSA) is 125 Å². The zero-order valence-corrected chi connectivity index (χ0v) is 21.1. The van der Waals surface area contributed by atoms with E-state index in [2.05, 4.69) is 9.97 Å². The third-order valence-electron chi connectivity index (χ3n) is 5.91. The summed E-state index contributed by atoms with van der Waals surface area (Å²) < 4.78 is 23.6. The molecular weight excluding hydrogens is 509 g/mol. The molecule has 2 aliphatic heterocycles. The summed E-state index contributed by atoms with van der Waals surface area (Å²) in [6.07, 6.45) is 1.34. The SMILES string of the molecule is O=C(Cc1ccc(F)cc1)N1CCCN1C(=O)c1ccnc(Oc2ccccc2)n1.O=C(O)N1CCOCC1. The van der Waals surface area contributed by atoms with Gasteiger partial charge in [0.15, 0.2) is 0 Å². The number of hydrogen-bond donors (Lipinski definition) is 1. The van der Waals surface area contributed by atoms with Gasteiger partial charge in [-0.3, -0.25) is 14.6 Å². The van der Waals surface area contributed by atoms with Crippen molar-refractivity contribution >= 4 is 17.9 Å². The van der Waals surface area contributed by atoms with Gasteiger partial charge in [-0.15, -0.1) is 0 Å². The van der Waals surface area contributed by atoms with Crippen LogP contribution in [0.25, 0.3) is 0 Å². The number of amides is 3. The third-order valence-corrected chi connectivity index (χ3v) is 5.91. The maximum Gasteiger partial charge on any atom is 0.407 e. The van der Waals surface area contributed by atoms with E-state index in [4.69, 9.17) is 14.6 Å². The normalized spacial score (nSPS) is 14.8. The number of carbonyl (C=O) groups excluding carboxylic acids is 2. The molecule has 3 heterocycles. The molecule has 2 aliphatic rings. The van der Waals surface area contributed by atoms with Crippen molar-refractivity contribution in [3.05, 3.63) is 83.9 Å². The minimum Gasteiger partial charge on any atom is -0.465 e. The molecule has 0 saturated carbocycles. The second kappa shape index (κ2) is 13.3. The molecule has 2 aromatic carbocycles. The fourth-order valence-corrected chi connectivity index (χ4v) is 3.94. The Hall–Kier alpha value is -4.58. The van der Waals surface area contributed by atoms with Gasteiger partial charge in [-0.25, -0.2) is 19.2 Å². The van der Waals surface area contributed by atoms with Gasteiger partial charge >= 0.3 is 12.1 Å². The van der Waals surface area contributed by atoms with Gasteiger partial charge in [-0.05, 0) is 42.3 Å². The summed E-state index contributed by atoms with van der Waals surface area (Å²) >= 11 is 0. The number of nitrogens with zero attached hydrogens (tertiary/aromatic N) is 5. The lowest BCUT2D eigenvalue weighted by atomic mass is 10.1. The molecule has 5 rings (SSSR count). The molecule has 3 aromatic rings. The number of hydrogen-bond acceptors (Lipinski definition) is 7. The van der Waals surface area contributed by atoms with Crippen molar-refractivity contribution in [2.24, 2.45) is 0 Å². The molecule has 0 bridgehead atoms. The quantitative estimate of drug-likeness (QED) is 0.526. The van der Waals surface area contributed by atoms with Crippen molar-refractivity contribution in [3.8, 4) is 11.8 Å². The number of carbonyl (C=O) groups is 3. The molecular formula is C27H28FN5O6. The number of benzene rings is 2. The predicted octanol–water partition coefficient (Wildman–Crippen LogP) is 3.24. The fourth-order valence-electron chi connectivity index (χ4n) is 3.94. The highest BCUT2D eigenvalue weighted by atomic mass is 19.1. The lowest BCUT2D eigenvalue weighted by Crippen LogP contribution is -2.45. The fraction of sp³-hybridized carbons (Fsp3) is 0.296. The van der Waals surface area contributed by atoms with Crippen LogP contribution in [-0.2, 0) is 16.0 Å². The van der Waals surface area contributed by atoms with Crippen molar-refractivity contribution in [2.45, 2.75) is 12.8 Å². The number of halogens is 1. The molecule has 2 saturated heterocycles. The van der Waals surface area contributed by atoms with Crippen LogP contribution in [0.1, 0.15) is 22.5 Å². The second-order valence-electron chi connectivity index (χ2n) is 8.62. The molecule has 204 valence electrons. The highest BCUT2D eigenvalue weighted by Crippen LogP contribution is 2.20. The van der Waals surface area contributed by atoms with E-state index in [0.29, 0.717) is 57.1 Å². The van der Waals surface area contributed by atoms with Gasteiger partial charge in [-0.2, -0.15) is 4.98 Å². The number of ether oxygens (including phenoxy) is 2. The van der Waals surface area contributed by atoms with Crippen LogP contribution in [0, 0.1) is 5.82 Å². The first-order valence-corrected chi connectivity index (χ1v) is 12.4. The van der Waals surface area contributed by atoms with Gasteiger partial charge in [0, 0.05) is 32.4 Å². The molecule has 0 radical (unpaired) electrons. The number of carboxylic acid groups (broad SMARTS) is 1. The number of rotatable bonds is 5. The lowest BCUT2D eigenvalue weighted by molar-refractivity contribution is -0.139. The summed E-state index contributed by atoms with van der Waals surface area (Å²) in [7, 11) is 0. The Bertz CT molecular complexity index is 1270. The Morgan fingerprint density at radius 1 is 0.923 bits per heavy atom. The number of morpholine rings is 1. The zero-order chi connectivity index (χ0) is 27.6. The largest absolute Gasteiger partial charge is 0.465 e. The number of para-hydroxylation sites is 1. The van der Waals surface area contributed by atoms with E-state index in [1.807, 2.05) is 18.2 Å². The Morgan fingerprint density at radius 2 is 1.62 bits per heavy atom.